The Morgan fingerprint density at radius 3 is 2.36 bits per heavy atom. The summed E-state index contributed by atoms with van der Waals surface area (Å²) in [6.07, 6.45) is 0. The Kier molecular flexibility index (Phi) is 4.10. The fourth-order valence-corrected chi connectivity index (χ4v) is 2.41. The third-order valence-electron chi connectivity index (χ3n) is 3.71. The number of hydrogen-bond donors (Lipinski definition) is 1. The molecule has 0 aliphatic heterocycles. The van der Waals surface area contributed by atoms with E-state index in [2.05, 4.69) is 24.3 Å². The van der Waals surface area contributed by atoms with Gasteiger partial charge in [0.05, 0.1) is 0 Å². The molecule has 110 valence electrons. The van der Waals surface area contributed by atoms with Gasteiger partial charge in [0.1, 0.15) is 12.4 Å². The van der Waals surface area contributed by atoms with Gasteiger partial charge < -0.3 is 10.5 Å². The maximum atomic E-state index is 6.02. The second-order valence-corrected chi connectivity index (χ2v) is 5.34. The largest absolute Gasteiger partial charge is 0.488 e. The lowest BCUT2D eigenvalue weighted by Gasteiger charge is -2.13. The van der Waals surface area contributed by atoms with Gasteiger partial charge in [-0.2, -0.15) is 0 Å². The van der Waals surface area contributed by atoms with Crippen molar-refractivity contribution in [2.45, 2.75) is 13.5 Å². The topological polar surface area (TPSA) is 35.2 Å². The SMILES string of the molecule is Cc1cc(-c2ccccc2OCc2ccccc2)ccc1N. The third-order valence-corrected chi connectivity index (χ3v) is 3.71. The van der Waals surface area contributed by atoms with Crippen molar-refractivity contribution in [2.24, 2.45) is 0 Å². The summed E-state index contributed by atoms with van der Waals surface area (Å²) in [6, 6.07) is 24.4. The van der Waals surface area contributed by atoms with Crippen LogP contribution in [0.5, 0.6) is 5.75 Å². The molecule has 0 amide bonds. The average molecular weight is 289 g/mol. The summed E-state index contributed by atoms with van der Waals surface area (Å²) in [5.41, 5.74) is 11.2. The van der Waals surface area contributed by atoms with Crippen LogP contribution in [-0.2, 0) is 6.61 Å². The predicted molar refractivity (Wildman–Crippen MR) is 91.8 cm³/mol. The minimum atomic E-state index is 0.561. The fraction of sp³-hybridized carbons (Fsp3) is 0.100. The number of aryl methyl sites for hydroxylation is 1. The summed E-state index contributed by atoms with van der Waals surface area (Å²) in [4.78, 5) is 0. The molecule has 0 saturated heterocycles. The van der Waals surface area contributed by atoms with E-state index in [1.807, 2.05) is 55.5 Å². The number of rotatable bonds is 4. The van der Waals surface area contributed by atoms with Crippen molar-refractivity contribution >= 4 is 5.69 Å². The second kappa shape index (κ2) is 6.35. The van der Waals surface area contributed by atoms with E-state index in [-0.39, 0.29) is 0 Å². The van der Waals surface area contributed by atoms with E-state index in [4.69, 9.17) is 10.5 Å². The highest BCUT2D eigenvalue weighted by molar-refractivity contribution is 5.73. The van der Waals surface area contributed by atoms with Crippen LogP contribution in [0.1, 0.15) is 11.1 Å². The van der Waals surface area contributed by atoms with E-state index in [0.29, 0.717) is 6.61 Å². The summed E-state index contributed by atoms with van der Waals surface area (Å²) in [5, 5.41) is 0. The first-order valence-electron chi connectivity index (χ1n) is 7.36. The van der Waals surface area contributed by atoms with Gasteiger partial charge in [-0.25, -0.2) is 0 Å². The van der Waals surface area contributed by atoms with Crippen molar-refractivity contribution in [3.63, 3.8) is 0 Å². The van der Waals surface area contributed by atoms with Gasteiger partial charge in [-0.3, -0.25) is 0 Å². The molecule has 2 N–H and O–H groups in total. The number of ether oxygens (including phenoxy) is 1. The summed E-state index contributed by atoms with van der Waals surface area (Å²) < 4.78 is 6.02. The number of nitrogens with two attached hydrogens (primary N) is 1. The quantitative estimate of drug-likeness (QED) is 0.699. The lowest BCUT2D eigenvalue weighted by molar-refractivity contribution is 0.307. The molecular formula is C20H19NO. The molecule has 0 saturated carbocycles. The van der Waals surface area contributed by atoms with Crippen molar-refractivity contribution in [1.82, 2.24) is 0 Å². The second-order valence-electron chi connectivity index (χ2n) is 5.34. The number of nitrogen functional groups attached to an aromatic ring is 1. The molecular weight excluding hydrogens is 270 g/mol. The molecule has 0 unspecified atom stereocenters. The average Bonchev–Trinajstić information content (AvgIpc) is 2.57. The standard InChI is InChI=1S/C20H19NO/c1-15-13-17(11-12-19(15)21)18-9-5-6-10-20(18)22-14-16-7-3-2-4-8-16/h2-13H,14,21H2,1H3. The van der Waals surface area contributed by atoms with Crippen molar-refractivity contribution in [3.05, 3.63) is 83.9 Å². The highest BCUT2D eigenvalue weighted by Gasteiger charge is 2.07. The van der Waals surface area contributed by atoms with E-state index in [9.17, 15) is 0 Å². The maximum absolute atomic E-state index is 6.02. The van der Waals surface area contributed by atoms with E-state index >= 15 is 0 Å². The molecule has 0 aliphatic rings. The zero-order valence-electron chi connectivity index (χ0n) is 12.6. The minimum absolute atomic E-state index is 0.561. The summed E-state index contributed by atoms with van der Waals surface area (Å²) in [5.74, 6) is 0.885. The van der Waals surface area contributed by atoms with Crippen LogP contribution in [0.25, 0.3) is 11.1 Å². The number of hydrogen-bond acceptors (Lipinski definition) is 2. The van der Waals surface area contributed by atoms with Gasteiger partial charge in [-0.05, 0) is 41.8 Å². The monoisotopic (exact) mass is 289 g/mol. The highest BCUT2D eigenvalue weighted by Crippen LogP contribution is 2.32. The Hall–Kier alpha value is -2.74. The first-order chi connectivity index (χ1) is 10.7. The molecule has 2 nitrogen and oxygen atoms in total. The molecule has 0 fully saturated rings. The zero-order chi connectivity index (χ0) is 15.4. The van der Waals surface area contributed by atoms with Crippen LogP contribution in [0.4, 0.5) is 5.69 Å². The Morgan fingerprint density at radius 2 is 1.59 bits per heavy atom. The van der Waals surface area contributed by atoms with Crippen LogP contribution < -0.4 is 10.5 Å². The first-order valence-corrected chi connectivity index (χ1v) is 7.36. The number of benzene rings is 3. The molecule has 0 radical (unpaired) electrons. The van der Waals surface area contributed by atoms with Gasteiger partial charge in [0.2, 0.25) is 0 Å². The van der Waals surface area contributed by atoms with E-state index in [0.717, 1.165) is 33.7 Å². The van der Waals surface area contributed by atoms with Gasteiger partial charge in [0.25, 0.3) is 0 Å². The maximum Gasteiger partial charge on any atom is 0.127 e. The Morgan fingerprint density at radius 1 is 0.864 bits per heavy atom. The highest BCUT2D eigenvalue weighted by atomic mass is 16.5. The summed E-state index contributed by atoms with van der Waals surface area (Å²) >= 11 is 0. The molecule has 0 aromatic heterocycles. The molecule has 0 atom stereocenters. The van der Waals surface area contributed by atoms with Crippen LogP contribution in [0.3, 0.4) is 0 Å². The third kappa shape index (κ3) is 3.12. The van der Waals surface area contributed by atoms with Crippen LogP contribution in [0, 0.1) is 6.92 Å². The molecule has 0 aliphatic carbocycles. The van der Waals surface area contributed by atoms with Crippen LogP contribution in [0.2, 0.25) is 0 Å². The van der Waals surface area contributed by atoms with E-state index in [1.165, 1.54) is 0 Å². The van der Waals surface area contributed by atoms with Crippen LogP contribution >= 0.6 is 0 Å². The zero-order valence-corrected chi connectivity index (χ0v) is 12.6. The fourth-order valence-electron chi connectivity index (χ4n) is 2.41. The van der Waals surface area contributed by atoms with Crippen molar-refractivity contribution in [1.29, 1.82) is 0 Å². The first kappa shape index (κ1) is 14.2. The van der Waals surface area contributed by atoms with E-state index in [1.54, 1.807) is 0 Å². The summed E-state index contributed by atoms with van der Waals surface area (Å²) in [6.45, 7) is 2.58. The molecule has 0 bridgehead atoms. The molecule has 3 rings (SSSR count). The Bertz CT molecular complexity index is 766. The molecule has 0 heterocycles. The molecule has 2 heteroatoms. The molecule has 3 aromatic carbocycles. The van der Waals surface area contributed by atoms with Crippen LogP contribution in [0.15, 0.2) is 72.8 Å². The van der Waals surface area contributed by atoms with Gasteiger partial charge >= 0.3 is 0 Å². The minimum Gasteiger partial charge on any atom is -0.488 e. The van der Waals surface area contributed by atoms with Gasteiger partial charge in [0, 0.05) is 11.3 Å². The van der Waals surface area contributed by atoms with Crippen molar-refractivity contribution in [2.75, 3.05) is 5.73 Å². The lowest BCUT2D eigenvalue weighted by Crippen LogP contribution is -1.97. The molecule has 0 spiro atoms. The van der Waals surface area contributed by atoms with Gasteiger partial charge in [-0.15, -0.1) is 0 Å². The number of anilines is 1. The van der Waals surface area contributed by atoms with Gasteiger partial charge in [-0.1, -0.05) is 54.6 Å². The normalized spacial score (nSPS) is 10.4. The van der Waals surface area contributed by atoms with Gasteiger partial charge in [0.15, 0.2) is 0 Å². The summed E-state index contributed by atoms with van der Waals surface area (Å²) in [7, 11) is 0. The molecule has 22 heavy (non-hydrogen) atoms. The van der Waals surface area contributed by atoms with Crippen molar-refractivity contribution < 1.29 is 4.74 Å². The lowest BCUT2D eigenvalue weighted by atomic mass is 10.0. The Balaban J connectivity index is 1.88. The van der Waals surface area contributed by atoms with Crippen LogP contribution in [-0.4, -0.2) is 0 Å². The molecule has 3 aromatic rings. The Labute approximate surface area is 131 Å². The van der Waals surface area contributed by atoms with E-state index < -0.39 is 0 Å². The van der Waals surface area contributed by atoms with Crippen molar-refractivity contribution in [3.8, 4) is 16.9 Å². The predicted octanol–water partition coefficient (Wildman–Crippen LogP) is 4.82. The number of para-hydroxylation sites is 1. The smallest absolute Gasteiger partial charge is 0.127 e.